The molecule has 1 amide bonds. The summed E-state index contributed by atoms with van der Waals surface area (Å²) < 4.78 is 16.6. The molecule has 2 N–H and O–H groups in total. The Balaban J connectivity index is 1.45. The van der Waals surface area contributed by atoms with Crippen LogP contribution in [0.4, 0.5) is 5.69 Å². The molecule has 0 saturated carbocycles. The molecule has 0 aliphatic carbocycles. The number of anilines is 1. The second-order valence-electron chi connectivity index (χ2n) is 7.92. The Labute approximate surface area is 171 Å². The number of carbonyl (C=O) groups is 1. The molecule has 0 spiro atoms. The van der Waals surface area contributed by atoms with Gasteiger partial charge in [0.05, 0.1) is 6.04 Å². The van der Waals surface area contributed by atoms with Crippen molar-refractivity contribution in [3.05, 3.63) is 53.6 Å². The van der Waals surface area contributed by atoms with E-state index >= 15 is 0 Å². The van der Waals surface area contributed by atoms with Crippen LogP contribution < -0.4 is 20.1 Å². The molecule has 2 aliphatic rings. The Morgan fingerprint density at radius 1 is 1.10 bits per heavy atom. The van der Waals surface area contributed by atoms with Crippen molar-refractivity contribution in [3.8, 4) is 11.5 Å². The molecule has 2 aromatic carbocycles. The van der Waals surface area contributed by atoms with Gasteiger partial charge in [0.15, 0.2) is 11.5 Å². The molecule has 0 unspecified atom stereocenters. The average Bonchev–Trinajstić information content (AvgIpc) is 3.20. The van der Waals surface area contributed by atoms with E-state index in [4.69, 9.17) is 14.2 Å². The van der Waals surface area contributed by atoms with Crippen LogP contribution >= 0.6 is 0 Å². The maximum atomic E-state index is 12.7. The second-order valence-corrected chi connectivity index (χ2v) is 7.92. The molecule has 1 fully saturated rings. The van der Waals surface area contributed by atoms with Gasteiger partial charge in [0.1, 0.15) is 0 Å². The lowest BCUT2D eigenvalue weighted by atomic mass is 9.74. The fourth-order valence-corrected chi connectivity index (χ4v) is 3.97. The van der Waals surface area contributed by atoms with E-state index in [-0.39, 0.29) is 24.2 Å². The molecule has 4 rings (SSSR count). The lowest BCUT2D eigenvalue weighted by Crippen LogP contribution is -2.48. The summed E-state index contributed by atoms with van der Waals surface area (Å²) in [5, 5.41) is 6.45. The largest absolute Gasteiger partial charge is 0.454 e. The molecular weight excluding hydrogens is 368 g/mol. The van der Waals surface area contributed by atoms with Crippen LogP contribution in [-0.2, 0) is 14.9 Å². The Hall–Kier alpha value is -2.57. The first-order valence-corrected chi connectivity index (χ1v) is 10.1. The van der Waals surface area contributed by atoms with Crippen LogP contribution in [0, 0.1) is 6.92 Å². The van der Waals surface area contributed by atoms with E-state index in [0.717, 1.165) is 35.6 Å². The van der Waals surface area contributed by atoms with Crippen LogP contribution in [0.3, 0.4) is 0 Å². The minimum absolute atomic E-state index is 0.0384. The van der Waals surface area contributed by atoms with E-state index < -0.39 is 0 Å². The van der Waals surface area contributed by atoms with Gasteiger partial charge in [0, 0.05) is 30.9 Å². The number of rotatable bonds is 6. The summed E-state index contributed by atoms with van der Waals surface area (Å²) in [6, 6.07) is 13.7. The standard InChI is InChI=1S/C23H28N2O4/c1-16-4-3-5-19(12-16)25-22(26)17(2)24-14-23(8-10-27-11-9-23)18-6-7-20-21(13-18)29-15-28-20/h3-7,12-13,17,24H,8-11,14-15H2,1-2H3,(H,25,26)/t17-/m1/s1. The maximum Gasteiger partial charge on any atom is 0.241 e. The maximum absolute atomic E-state index is 12.7. The fraction of sp³-hybridized carbons (Fsp3) is 0.435. The van der Waals surface area contributed by atoms with Crippen molar-refractivity contribution in [3.63, 3.8) is 0 Å². The van der Waals surface area contributed by atoms with Crippen molar-refractivity contribution in [1.82, 2.24) is 5.32 Å². The van der Waals surface area contributed by atoms with Crippen molar-refractivity contribution in [2.75, 3.05) is 31.9 Å². The number of ether oxygens (including phenoxy) is 3. The second kappa shape index (κ2) is 8.43. The smallest absolute Gasteiger partial charge is 0.241 e. The van der Waals surface area contributed by atoms with Crippen LogP contribution in [0.5, 0.6) is 11.5 Å². The van der Waals surface area contributed by atoms with Gasteiger partial charge in [-0.25, -0.2) is 0 Å². The molecular formula is C23H28N2O4. The van der Waals surface area contributed by atoms with Gasteiger partial charge in [-0.15, -0.1) is 0 Å². The number of nitrogens with one attached hydrogen (secondary N) is 2. The Morgan fingerprint density at radius 2 is 1.90 bits per heavy atom. The number of amides is 1. The van der Waals surface area contributed by atoms with Crippen molar-refractivity contribution in [2.24, 2.45) is 0 Å². The normalized spacial score (nSPS) is 18.3. The quantitative estimate of drug-likeness (QED) is 0.783. The number of hydrogen-bond acceptors (Lipinski definition) is 5. The zero-order valence-electron chi connectivity index (χ0n) is 17.0. The first kappa shape index (κ1) is 19.7. The van der Waals surface area contributed by atoms with Gasteiger partial charge >= 0.3 is 0 Å². The molecule has 2 heterocycles. The molecule has 0 bridgehead atoms. The van der Waals surface area contributed by atoms with Crippen molar-refractivity contribution < 1.29 is 19.0 Å². The summed E-state index contributed by atoms with van der Waals surface area (Å²) in [5.41, 5.74) is 3.04. The molecule has 6 nitrogen and oxygen atoms in total. The number of fused-ring (bicyclic) bond motifs is 1. The zero-order chi connectivity index (χ0) is 20.3. The summed E-state index contributed by atoms with van der Waals surface area (Å²) in [4.78, 5) is 12.7. The minimum atomic E-state index is -0.316. The molecule has 6 heteroatoms. The highest BCUT2D eigenvalue weighted by molar-refractivity contribution is 5.94. The van der Waals surface area contributed by atoms with E-state index in [1.54, 1.807) is 0 Å². The highest BCUT2D eigenvalue weighted by atomic mass is 16.7. The van der Waals surface area contributed by atoms with Gasteiger partial charge in [0.2, 0.25) is 12.7 Å². The molecule has 0 aromatic heterocycles. The van der Waals surface area contributed by atoms with Crippen molar-refractivity contribution in [2.45, 2.75) is 38.1 Å². The lowest BCUT2D eigenvalue weighted by molar-refractivity contribution is -0.117. The number of carbonyl (C=O) groups excluding carboxylic acids is 1. The van der Waals surface area contributed by atoms with E-state index in [2.05, 4.69) is 22.8 Å². The monoisotopic (exact) mass is 396 g/mol. The van der Waals surface area contributed by atoms with Gasteiger partial charge in [0.25, 0.3) is 0 Å². The molecule has 1 atom stereocenters. The van der Waals surface area contributed by atoms with Crippen LogP contribution in [0.25, 0.3) is 0 Å². The van der Waals surface area contributed by atoms with Crippen molar-refractivity contribution in [1.29, 1.82) is 0 Å². The molecule has 2 aromatic rings. The van der Waals surface area contributed by atoms with Crippen LogP contribution in [0.15, 0.2) is 42.5 Å². The van der Waals surface area contributed by atoms with E-state index in [9.17, 15) is 4.79 Å². The predicted molar refractivity (Wildman–Crippen MR) is 112 cm³/mol. The first-order valence-electron chi connectivity index (χ1n) is 10.1. The first-order chi connectivity index (χ1) is 14.1. The summed E-state index contributed by atoms with van der Waals surface area (Å²) in [6.45, 7) is 6.29. The third-order valence-electron chi connectivity index (χ3n) is 5.86. The molecule has 1 saturated heterocycles. The molecule has 154 valence electrons. The van der Waals surface area contributed by atoms with E-state index in [0.29, 0.717) is 19.8 Å². The molecule has 2 aliphatic heterocycles. The average molecular weight is 396 g/mol. The van der Waals surface area contributed by atoms with Gasteiger partial charge < -0.3 is 24.8 Å². The molecule has 0 radical (unpaired) electrons. The van der Waals surface area contributed by atoms with Crippen LogP contribution in [0.2, 0.25) is 0 Å². The topological polar surface area (TPSA) is 68.8 Å². The summed E-state index contributed by atoms with van der Waals surface area (Å²) in [5.74, 6) is 1.54. The van der Waals surface area contributed by atoms with Gasteiger partial charge in [-0.05, 0) is 62.1 Å². The van der Waals surface area contributed by atoms with Crippen molar-refractivity contribution >= 4 is 11.6 Å². The summed E-state index contributed by atoms with van der Waals surface area (Å²) >= 11 is 0. The van der Waals surface area contributed by atoms with Crippen LogP contribution in [-0.4, -0.2) is 38.5 Å². The summed E-state index contributed by atoms with van der Waals surface area (Å²) in [7, 11) is 0. The zero-order valence-corrected chi connectivity index (χ0v) is 17.0. The minimum Gasteiger partial charge on any atom is -0.454 e. The highest BCUT2D eigenvalue weighted by Crippen LogP contribution is 2.40. The van der Waals surface area contributed by atoms with Crippen LogP contribution in [0.1, 0.15) is 30.9 Å². The number of benzene rings is 2. The summed E-state index contributed by atoms with van der Waals surface area (Å²) in [6.07, 6.45) is 1.79. The third-order valence-corrected chi connectivity index (χ3v) is 5.86. The SMILES string of the molecule is Cc1cccc(NC(=O)[C@@H](C)NCC2(c3ccc4c(c3)OCO4)CCOCC2)c1. The van der Waals surface area contributed by atoms with E-state index in [1.165, 1.54) is 5.56 Å². The number of hydrogen-bond donors (Lipinski definition) is 2. The van der Waals surface area contributed by atoms with Gasteiger partial charge in [-0.1, -0.05) is 18.2 Å². The third kappa shape index (κ3) is 4.38. The Bertz CT molecular complexity index is 877. The van der Waals surface area contributed by atoms with Gasteiger partial charge in [-0.3, -0.25) is 4.79 Å². The highest BCUT2D eigenvalue weighted by Gasteiger charge is 2.36. The lowest BCUT2D eigenvalue weighted by Gasteiger charge is -2.38. The Morgan fingerprint density at radius 3 is 2.69 bits per heavy atom. The number of aryl methyl sites for hydroxylation is 1. The molecule has 29 heavy (non-hydrogen) atoms. The Kier molecular flexibility index (Phi) is 5.74. The van der Waals surface area contributed by atoms with E-state index in [1.807, 2.05) is 44.2 Å². The predicted octanol–water partition coefficient (Wildman–Crippen LogP) is 3.39. The van der Waals surface area contributed by atoms with Gasteiger partial charge in [-0.2, -0.15) is 0 Å². The fourth-order valence-electron chi connectivity index (χ4n) is 3.97.